The predicted octanol–water partition coefficient (Wildman–Crippen LogP) is 7.77. The number of hydrogen-bond donors (Lipinski definition) is 0. The first-order valence-corrected chi connectivity index (χ1v) is 11.5. The van der Waals surface area contributed by atoms with Crippen LogP contribution in [0.1, 0.15) is 103 Å². The molecule has 1 nitrogen and oxygen atoms in total. The van der Waals surface area contributed by atoms with Crippen molar-refractivity contribution in [1.29, 1.82) is 0 Å². The monoisotopic (exact) mass is 368 g/mol. The molecule has 1 saturated carbocycles. The van der Waals surface area contributed by atoms with Crippen LogP contribution < -0.4 is 4.74 Å². The van der Waals surface area contributed by atoms with Crippen LogP contribution in [0.15, 0.2) is 24.3 Å². The van der Waals surface area contributed by atoms with Gasteiger partial charge < -0.3 is 4.74 Å². The maximum Gasteiger partial charge on any atom is 0.119 e. The second kappa shape index (κ2) is 13.7. The molecular weight excluding hydrogens is 328 g/mol. The van der Waals surface area contributed by atoms with Crippen LogP contribution in [0.2, 0.25) is 0 Å². The topological polar surface area (TPSA) is 9.23 Å². The Bertz CT molecular complexity index is 540. The van der Waals surface area contributed by atoms with Crippen molar-refractivity contribution in [1.82, 2.24) is 0 Å². The van der Waals surface area contributed by atoms with E-state index in [1.165, 1.54) is 70.6 Å². The fraction of sp³-hybridized carbons (Fsp3) is 0.692. The van der Waals surface area contributed by atoms with Crippen molar-refractivity contribution in [2.24, 2.45) is 11.8 Å². The molecule has 27 heavy (non-hydrogen) atoms. The zero-order chi connectivity index (χ0) is 19.2. The largest absolute Gasteiger partial charge is 0.494 e. The molecule has 0 saturated heterocycles. The average molecular weight is 369 g/mol. The van der Waals surface area contributed by atoms with Crippen LogP contribution in [-0.2, 0) is 0 Å². The molecule has 0 aliphatic heterocycles. The Morgan fingerprint density at radius 2 is 1.44 bits per heavy atom. The van der Waals surface area contributed by atoms with Crippen molar-refractivity contribution in [2.75, 3.05) is 6.61 Å². The van der Waals surface area contributed by atoms with Crippen LogP contribution in [0.4, 0.5) is 0 Å². The number of unbranched alkanes of at least 4 members (excludes halogenated alkanes) is 4. The summed E-state index contributed by atoms with van der Waals surface area (Å²) in [6.45, 7) is 5.33. The van der Waals surface area contributed by atoms with Crippen molar-refractivity contribution in [3.8, 4) is 17.6 Å². The maximum absolute atomic E-state index is 5.76. The second-order valence-electron chi connectivity index (χ2n) is 8.30. The van der Waals surface area contributed by atoms with Crippen molar-refractivity contribution in [3.05, 3.63) is 29.8 Å². The van der Waals surface area contributed by atoms with Crippen molar-refractivity contribution >= 4 is 0 Å². The highest BCUT2D eigenvalue weighted by Gasteiger charge is 2.20. The van der Waals surface area contributed by atoms with Gasteiger partial charge in [0, 0.05) is 12.0 Å². The van der Waals surface area contributed by atoms with Gasteiger partial charge in [-0.2, -0.15) is 0 Å². The average Bonchev–Trinajstić information content (AvgIpc) is 2.71. The third-order valence-corrected chi connectivity index (χ3v) is 5.96. The van der Waals surface area contributed by atoms with Crippen LogP contribution in [-0.4, -0.2) is 6.61 Å². The summed E-state index contributed by atoms with van der Waals surface area (Å²) >= 11 is 0. The summed E-state index contributed by atoms with van der Waals surface area (Å²) in [5.41, 5.74) is 1.11. The standard InChI is InChI=1S/C26H40O/c1-3-5-7-11-23-14-16-24(17-15-23)12-8-9-13-25-18-20-26(21-19-25)27-22-10-6-4-2/h18-21,23-24H,3-8,10-12,14-17,22H2,1-2H3. The first kappa shape index (κ1) is 21.9. The lowest BCUT2D eigenvalue weighted by atomic mass is 9.78. The fourth-order valence-corrected chi connectivity index (χ4v) is 4.11. The summed E-state index contributed by atoms with van der Waals surface area (Å²) in [5, 5.41) is 0. The molecule has 0 bridgehead atoms. The summed E-state index contributed by atoms with van der Waals surface area (Å²) in [6.07, 6.45) is 17.4. The third kappa shape index (κ3) is 9.37. The van der Waals surface area contributed by atoms with Gasteiger partial charge in [0.05, 0.1) is 6.61 Å². The van der Waals surface area contributed by atoms with Crippen molar-refractivity contribution < 1.29 is 4.74 Å². The minimum absolute atomic E-state index is 0.819. The molecule has 0 N–H and O–H groups in total. The van der Waals surface area contributed by atoms with Gasteiger partial charge in [-0.25, -0.2) is 0 Å². The lowest BCUT2D eigenvalue weighted by Crippen LogP contribution is -2.14. The molecular formula is C26H40O. The second-order valence-corrected chi connectivity index (χ2v) is 8.30. The van der Waals surface area contributed by atoms with E-state index >= 15 is 0 Å². The van der Waals surface area contributed by atoms with Crippen molar-refractivity contribution in [3.63, 3.8) is 0 Å². The van der Waals surface area contributed by atoms with Gasteiger partial charge >= 0.3 is 0 Å². The molecule has 0 amide bonds. The molecule has 0 heterocycles. The van der Waals surface area contributed by atoms with E-state index in [-0.39, 0.29) is 0 Å². The Morgan fingerprint density at radius 3 is 2.11 bits per heavy atom. The van der Waals surface area contributed by atoms with E-state index in [4.69, 9.17) is 4.74 Å². The number of benzene rings is 1. The molecule has 2 rings (SSSR count). The fourth-order valence-electron chi connectivity index (χ4n) is 4.11. The SMILES string of the molecule is CCCCCOc1ccc(C#CCCC2CCC(CCCCC)CC2)cc1. The lowest BCUT2D eigenvalue weighted by molar-refractivity contribution is 0.250. The normalized spacial score (nSPS) is 19.3. The van der Waals surface area contributed by atoms with Crippen LogP contribution >= 0.6 is 0 Å². The Kier molecular flexibility index (Phi) is 11.1. The quantitative estimate of drug-likeness (QED) is 0.286. The van der Waals surface area contributed by atoms with Gasteiger partial charge in [-0.1, -0.05) is 89.9 Å². The summed E-state index contributed by atoms with van der Waals surface area (Å²) < 4.78 is 5.76. The van der Waals surface area contributed by atoms with Crippen molar-refractivity contribution in [2.45, 2.75) is 97.3 Å². The Labute approximate surface area is 168 Å². The summed E-state index contributed by atoms with van der Waals surface area (Å²) in [5.74, 6) is 9.61. The summed E-state index contributed by atoms with van der Waals surface area (Å²) in [4.78, 5) is 0. The van der Waals surface area contributed by atoms with E-state index in [2.05, 4.69) is 50.0 Å². The third-order valence-electron chi connectivity index (χ3n) is 5.96. The molecule has 1 fully saturated rings. The van der Waals surface area contributed by atoms with Gasteiger partial charge in [0.15, 0.2) is 0 Å². The minimum atomic E-state index is 0.819. The Hall–Kier alpha value is -1.42. The van der Waals surface area contributed by atoms with E-state index in [1.807, 2.05) is 0 Å². The van der Waals surface area contributed by atoms with Gasteiger partial charge in [0.25, 0.3) is 0 Å². The van der Waals surface area contributed by atoms with Crippen LogP contribution in [0.25, 0.3) is 0 Å². The minimum Gasteiger partial charge on any atom is -0.494 e. The molecule has 1 aromatic rings. The highest BCUT2D eigenvalue weighted by molar-refractivity contribution is 5.38. The Balaban J connectivity index is 1.60. The maximum atomic E-state index is 5.76. The number of hydrogen-bond acceptors (Lipinski definition) is 1. The zero-order valence-corrected chi connectivity index (χ0v) is 17.8. The molecule has 0 spiro atoms. The zero-order valence-electron chi connectivity index (χ0n) is 17.8. The molecule has 0 unspecified atom stereocenters. The van der Waals surface area contributed by atoms with Crippen LogP contribution in [0.3, 0.4) is 0 Å². The highest BCUT2D eigenvalue weighted by Crippen LogP contribution is 2.34. The molecule has 150 valence electrons. The van der Waals surface area contributed by atoms with Gasteiger partial charge in [-0.3, -0.25) is 0 Å². The first-order chi connectivity index (χ1) is 13.3. The predicted molar refractivity (Wildman–Crippen MR) is 117 cm³/mol. The summed E-state index contributed by atoms with van der Waals surface area (Å²) in [7, 11) is 0. The summed E-state index contributed by atoms with van der Waals surface area (Å²) in [6, 6.07) is 8.28. The van der Waals surface area contributed by atoms with E-state index in [9.17, 15) is 0 Å². The molecule has 0 aromatic heterocycles. The van der Waals surface area contributed by atoms with Crippen LogP contribution in [0.5, 0.6) is 5.75 Å². The van der Waals surface area contributed by atoms with Gasteiger partial charge in [-0.05, 0) is 48.9 Å². The smallest absolute Gasteiger partial charge is 0.119 e. The molecule has 1 aliphatic rings. The molecule has 1 aromatic carbocycles. The van der Waals surface area contributed by atoms with Gasteiger partial charge in [0.1, 0.15) is 5.75 Å². The number of ether oxygens (including phenoxy) is 1. The Morgan fingerprint density at radius 1 is 0.815 bits per heavy atom. The van der Waals surface area contributed by atoms with E-state index < -0.39 is 0 Å². The first-order valence-electron chi connectivity index (χ1n) is 11.5. The molecule has 0 atom stereocenters. The molecule has 1 aliphatic carbocycles. The van der Waals surface area contributed by atoms with E-state index in [0.717, 1.165) is 42.6 Å². The number of rotatable bonds is 11. The van der Waals surface area contributed by atoms with Gasteiger partial charge in [-0.15, -0.1) is 0 Å². The van der Waals surface area contributed by atoms with Gasteiger partial charge in [0.2, 0.25) is 0 Å². The van der Waals surface area contributed by atoms with E-state index in [0.29, 0.717) is 0 Å². The lowest BCUT2D eigenvalue weighted by Gasteiger charge is -2.28. The highest BCUT2D eigenvalue weighted by atomic mass is 16.5. The van der Waals surface area contributed by atoms with Crippen LogP contribution in [0, 0.1) is 23.7 Å². The van der Waals surface area contributed by atoms with E-state index in [1.54, 1.807) is 0 Å². The molecule has 1 heteroatoms. The molecule has 0 radical (unpaired) electrons.